The monoisotopic (exact) mass is 338 g/mol. The van der Waals surface area contributed by atoms with Crippen LogP contribution in [0.2, 0.25) is 10.0 Å². The number of hydrogen-bond acceptors (Lipinski definition) is 2. The lowest BCUT2D eigenvalue weighted by Gasteiger charge is -2.09. The molecule has 22 heavy (non-hydrogen) atoms. The van der Waals surface area contributed by atoms with Gasteiger partial charge in [0, 0.05) is 28.3 Å². The van der Waals surface area contributed by atoms with Crippen LogP contribution in [0.1, 0.15) is 5.56 Å². The zero-order valence-electron chi connectivity index (χ0n) is 12.0. The van der Waals surface area contributed by atoms with Gasteiger partial charge in [0.25, 0.3) is 0 Å². The minimum absolute atomic E-state index is 0.279. The first-order valence-corrected chi connectivity index (χ1v) is 7.47. The minimum Gasteiger partial charge on any atom is -0.497 e. The Labute approximate surface area is 139 Å². The van der Waals surface area contributed by atoms with Crippen LogP contribution in [-0.2, 0) is 6.42 Å². The molecular weight excluding hydrogens is 323 g/mol. The second-order valence-corrected chi connectivity index (χ2v) is 5.44. The van der Waals surface area contributed by atoms with Crippen molar-refractivity contribution < 1.29 is 9.53 Å². The number of anilines is 1. The van der Waals surface area contributed by atoms with Crippen molar-refractivity contribution in [3.63, 3.8) is 0 Å². The minimum atomic E-state index is -0.279. The molecule has 2 amide bonds. The lowest BCUT2D eigenvalue weighted by Crippen LogP contribution is -2.30. The standard InChI is InChI=1S/C16H16Cl2N2O2/c1-22-14-4-2-3-13(10-14)20-16(21)19-8-7-11-5-6-12(17)9-15(11)18/h2-6,9-10H,7-8H2,1H3,(H2,19,20,21). The summed E-state index contributed by atoms with van der Waals surface area (Å²) in [6, 6.07) is 12.2. The van der Waals surface area contributed by atoms with Crippen LogP contribution in [0.3, 0.4) is 0 Å². The Hall–Kier alpha value is -1.91. The molecule has 0 aliphatic rings. The molecule has 2 N–H and O–H groups in total. The molecule has 0 saturated carbocycles. The first-order valence-electron chi connectivity index (χ1n) is 6.71. The number of amides is 2. The van der Waals surface area contributed by atoms with Gasteiger partial charge in [-0.15, -0.1) is 0 Å². The van der Waals surface area contributed by atoms with Crippen LogP contribution < -0.4 is 15.4 Å². The van der Waals surface area contributed by atoms with Gasteiger partial charge in [-0.1, -0.05) is 35.3 Å². The molecule has 0 atom stereocenters. The lowest BCUT2D eigenvalue weighted by molar-refractivity contribution is 0.252. The zero-order chi connectivity index (χ0) is 15.9. The number of rotatable bonds is 5. The molecule has 0 bridgehead atoms. The maximum Gasteiger partial charge on any atom is 0.319 e. The summed E-state index contributed by atoms with van der Waals surface area (Å²) >= 11 is 11.9. The van der Waals surface area contributed by atoms with Crippen molar-refractivity contribution in [2.75, 3.05) is 19.0 Å². The van der Waals surface area contributed by atoms with E-state index in [4.69, 9.17) is 27.9 Å². The van der Waals surface area contributed by atoms with Gasteiger partial charge in [-0.2, -0.15) is 0 Å². The van der Waals surface area contributed by atoms with Gasteiger partial charge in [-0.05, 0) is 36.2 Å². The fourth-order valence-electron chi connectivity index (χ4n) is 1.91. The first-order chi connectivity index (χ1) is 10.6. The predicted octanol–water partition coefficient (Wildman–Crippen LogP) is 4.37. The molecule has 116 valence electrons. The van der Waals surface area contributed by atoms with Crippen LogP contribution in [0.4, 0.5) is 10.5 Å². The quantitative estimate of drug-likeness (QED) is 0.850. The van der Waals surface area contributed by atoms with Crippen molar-refractivity contribution >= 4 is 34.9 Å². The van der Waals surface area contributed by atoms with Crippen molar-refractivity contribution in [3.8, 4) is 5.75 Å². The van der Waals surface area contributed by atoms with Gasteiger partial charge >= 0.3 is 6.03 Å². The maximum absolute atomic E-state index is 11.8. The molecule has 0 saturated heterocycles. The van der Waals surface area contributed by atoms with Crippen molar-refractivity contribution in [2.45, 2.75) is 6.42 Å². The Balaban J connectivity index is 1.82. The van der Waals surface area contributed by atoms with Gasteiger partial charge in [0.1, 0.15) is 5.75 Å². The average Bonchev–Trinajstić information content (AvgIpc) is 2.49. The van der Waals surface area contributed by atoms with Crippen LogP contribution in [-0.4, -0.2) is 19.7 Å². The third-order valence-corrected chi connectivity index (χ3v) is 3.61. The van der Waals surface area contributed by atoms with E-state index >= 15 is 0 Å². The van der Waals surface area contributed by atoms with Crippen LogP contribution in [0, 0.1) is 0 Å². The summed E-state index contributed by atoms with van der Waals surface area (Å²) in [4.78, 5) is 11.8. The number of hydrogen-bond donors (Lipinski definition) is 2. The highest BCUT2D eigenvalue weighted by molar-refractivity contribution is 6.35. The highest BCUT2D eigenvalue weighted by Gasteiger charge is 2.04. The number of carbonyl (C=O) groups excluding carboxylic acids is 1. The van der Waals surface area contributed by atoms with Crippen molar-refractivity contribution in [3.05, 3.63) is 58.1 Å². The molecule has 0 spiro atoms. The van der Waals surface area contributed by atoms with Gasteiger partial charge in [0.05, 0.1) is 7.11 Å². The zero-order valence-corrected chi connectivity index (χ0v) is 13.5. The second kappa shape index (κ2) is 7.92. The summed E-state index contributed by atoms with van der Waals surface area (Å²) in [5.74, 6) is 0.686. The normalized spacial score (nSPS) is 10.1. The molecule has 0 aliphatic carbocycles. The van der Waals surface area contributed by atoms with E-state index in [1.54, 1.807) is 31.4 Å². The highest BCUT2D eigenvalue weighted by atomic mass is 35.5. The number of nitrogens with one attached hydrogen (secondary N) is 2. The average molecular weight is 339 g/mol. The van der Waals surface area contributed by atoms with Crippen molar-refractivity contribution in [2.24, 2.45) is 0 Å². The molecule has 2 aromatic rings. The van der Waals surface area contributed by atoms with Crippen LogP contribution in [0.25, 0.3) is 0 Å². The van der Waals surface area contributed by atoms with E-state index in [0.717, 1.165) is 5.56 Å². The van der Waals surface area contributed by atoms with E-state index in [9.17, 15) is 4.79 Å². The summed E-state index contributed by atoms with van der Waals surface area (Å²) in [5, 5.41) is 6.71. The number of ether oxygens (including phenoxy) is 1. The lowest BCUT2D eigenvalue weighted by atomic mass is 10.1. The molecule has 0 unspecified atom stereocenters. The highest BCUT2D eigenvalue weighted by Crippen LogP contribution is 2.21. The summed E-state index contributed by atoms with van der Waals surface area (Å²) in [7, 11) is 1.58. The van der Waals surface area contributed by atoms with Gasteiger partial charge in [-0.25, -0.2) is 4.79 Å². The summed E-state index contributed by atoms with van der Waals surface area (Å²) in [6.07, 6.45) is 0.627. The molecule has 2 rings (SSSR count). The maximum atomic E-state index is 11.8. The van der Waals surface area contributed by atoms with Gasteiger partial charge in [0.2, 0.25) is 0 Å². The molecule has 0 radical (unpaired) electrons. The van der Waals surface area contributed by atoms with E-state index in [1.807, 2.05) is 18.2 Å². The number of methoxy groups -OCH3 is 1. The Morgan fingerprint density at radius 3 is 2.73 bits per heavy atom. The molecule has 6 heteroatoms. The number of halogens is 2. The Bertz CT molecular complexity index is 662. The topological polar surface area (TPSA) is 50.4 Å². The Morgan fingerprint density at radius 2 is 2.00 bits per heavy atom. The molecular formula is C16H16Cl2N2O2. The second-order valence-electron chi connectivity index (χ2n) is 4.60. The smallest absolute Gasteiger partial charge is 0.319 e. The summed E-state index contributed by atoms with van der Waals surface area (Å²) in [6.45, 7) is 0.469. The third-order valence-electron chi connectivity index (χ3n) is 3.02. The van der Waals surface area contributed by atoms with Crippen LogP contribution in [0.15, 0.2) is 42.5 Å². The van der Waals surface area contributed by atoms with E-state index in [0.29, 0.717) is 34.4 Å². The molecule has 0 aromatic heterocycles. The fraction of sp³-hybridized carbons (Fsp3) is 0.188. The Morgan fingerprint density at radius 1 is 1.18 bits per heavy atom. The fourth-order valence-corrected chi connectivity index (χ4v) is 2.41. The number of carbonyl (C=O) groups is 1. The largest absolute Gasteiger partial charge is 0.497 e. The van der Waals surface area contributed by atoms with Gasteiger partial charge < -0.3 is 15.4 Å². The molecule has 2 aromatic carbocycles. The van der Waals surface area contributed by atoms with Gasteiger partial charge in [0.15, 0.2) is 0 Å². The van der Waals surface area contributed by atoms with E-state index in [1.165, 1.54) is 0 Å². The van der Waals surface area contributed by atoms with E-state index in [2.05, 4.69) is 10.6 Å². The molecule has 0 aliphatic heterocycles. The van der Waals surface area contributed by atoms with Gasteiger partial charge in [-0.3, -0.25) is 0 Å². The van der Waals surface area contributed by atoms with E-state index < -0.39 is 0 Å². The van der Waals surface area contributed by atoms with Crippen molar-refractivity contribution in [1.29, 1.82) is 0 Å². The van der Waals surface area contributed by atoms with Crippen LogP contribution >= 0.6 is 23.2 Å². The van der Waals surface area contributed by atoms with Crippen LogP contribution in [0.5, 0.6) is 5.75 Å². The third kappa shape index (κ3) is 4.83. The SMILES string of the molecule is COc1cccc(NC(=O)NCCc2ccc(Cl)cc2Cl)c1. The summed E-state index contributed by atoms with van der Waals surface area (Å²) < 4.78 is 5.10. The molecule has 0 fully saturated rings. The number of benzene rings is 2. The number of urea groups is 1. The Kier molecular flexibility index (Phi) is 5.92. The molecule has 4 nitrogen and oxygen atoms in total. The molecule has 0 heterocycles. The first kappa shape index (κ1) is 16.5. The predicted molar refractivity (Wildman–Crippen MR) is 90.2 cm³/mol. The van der Waals surface area contributed by atoms with Crippen molar-refractivity contribution in [1.82, 2.24) is 5.32 Å². The van der Waals surface area contributed by atoms with E-state index in [-0.39, 0.29) is 6.03 Å². The summed E-state index contributed by atoms with van der Waals surface area (Å²) in [5.41, 5.74) is 1.61.